The van der Waals surface area contributed by atoms with Gasteiger partial charge in [0.15, 0.2) is 0 Å². The molecule has 0 aromatic heterocycles. The molecule has 3 N–H and O–H groups in total. The lowest BCUT2D eigenvalue weighted by Crippen LogP contribution is -2.45. The van der Waals surface area contributed by atoms with Gasteiger partial charge >= 0.3 is 5.76 Å². The highest BCUT2D eigenvalue weighted by Gasteiger charge is 2.26. The molecule has 0 radical (unpaired) electrons. The lowest BCUT2D eigenvalue weighted by atomic mass is 10.1. The minimum atomic E-state index is -4.64. The van der Waals surface area contributed by atoms with E-state index in [0.717, 1.165) is 12.1 Å². The van der Waals surface area contributed by atoms with E-state index in [2.05, 4.69) is 5.32 Å². The number of alkyl halides is 2. The minimum absolute atomic E-state index is 0.169. The molecule has 8 heteroatoms. The van der Waals surface area contributed by atoms with Crippen LogP contribution in [0.4, 0.5) is 8.78 Å². The molecule has 0 aliphatic heterocycles. The zero-order valence-electron chi connectivity index (χ0n) is 11.1. The predicted octanol–water partition coefficient (Wildman–Crippen LogP) is 1.15. The van der Waals surface area contributed by atoms with E-state index in [1.54, 1.807) is 13.8 Å². The highest BCUT2D eigenvalue weighted by molar-refractivity contribution is 7.91. The maximum Gasteiger partial charge on any atom is 0.341 e. The number of hydrogen-bond acceptors (Lipinski definition) is 4. The first kappa shape index (κ1) is 16.5. The first-order valence-electron chi connectivity index (χ1n) is 5.73. The molecule has 0 spiro atoms. The molecule has 0 aliphatic rings. The number of nitrogens with two attached hydrogens (primary N) is 1. The second-order valence-corrected chi connectivity index (χ2v) is 6.92. The van der Waals surface area contributed by atoms with Crippen LogP contribution in [0, 0.1) is 0 Å². The van der Waals surface area contributed by atoms with Crippen LogP contribution < -0.4 is 11.1 Å². The molecule has 112 valence electrons. The molecule has 0 atom stereocenters. The third-order valence-electron chi connectivity index (χ3n) is 2.38. The van der Waals surface area contributed by atoms with Gasteiger partial charge in [0.1, 0.15) is 0 Å². The number of carbonyl (C=O) groups is 1. The zero-order chi connectivity index (χ0) is 15.6. The molecular formula is C12H16F2N2O3S. The largest absolute Gasteiger partial charge is 0.350 e. The number of benzene rings is 1. The summed E-state index contributed by atoms with van der Waals surface area (Å²) in [5.74, 6) is -3.94. The van der Waals surface area contributed by atoms with Gasteiger partial charge in [-0.3, -0.25) is 4.79 Å². The van der Waals surface area contributed by atoms with E-state index >= 15 is 0 Å². The van der Waals surface area contributed by atoms with Crippen molar-refractivity contribution in [3.8, 4) is 0 Å². The Bertz CT molecular complexity index is 578. The smallest absolute Gasteiger partial charge is 0.341 e. The van der Waals surface area contributed by atoms with Crippen molar-refractivity contribution < 1.29 is 22.0 Å². The average Bonchev–Trinajstić information content (AvgIpc) is 2.35. The average molecular weight is 306 g/mol. The van der Waals surface area contributed by atoms with Crippen LogP contribution in [0.1, 0.15) is 24.2 Å². The molecule has 5 nitrogen and oxygen atoms in total. The lowest BCUT2D eigenvalue weighted by molar-refractivity contribution is 0.0946. The fraction of sp³-hybridized carbons (Fsp3) is 0.417. The Morgan fingerprint density at radius 2 is 1.80 bits per heavy atom. The number of carbonyl (C=O) groups excluding carboxylic acids is 1. The third-order valence-corrected chi connectivity index (χ3v) is 3.78. The molecule has 20 heavy (non-hydrogen) atoms. The number of hydrogen-bond donors (Lipinski definition) is 2. The van der Waals surface area contributed by atoms with E-state index in [-0.39, 0.29) is 12.1 Å². The van der Waals surface area contributed by atoms with E-state index in [1.807, 2.05) is 0 Å². The Morgan fingerprint density at radius 1 is 1.30 bits per heavy atom. The van der Waals surface area contributed by atoms with Crippen LogP contribution in [-0.2, 0) is 9.84 Å². The highest BCUT2D eigenvalue weighted by Crippen LogP contribution is 2.18. The summed E-state index contributed by atoms with van der Waals surface area (Å²) < 4.78 is 47.1. The van der Waals surface area contributed by atoms with Gasteiger partial charge < -0.3 is 11.1 Å². The van der Waals surface area contributed by atoms with Crippen LogP contribution in [-0.4, -0.2) is 32.2 Å². The van der Waals surface area contributed by atoms with Gasteiger partial charge in [0.2, 0.25) is 9.84 Å². The summed E-state index contributed by atoms with van der Waals surface area (Å²) in [7, 11) is -4.64. The molecule has 1 aromatic rings. The van der Waals surface area contributed by atoms with Gasteiger partial charge in [0.25, 0.3) is 5.91 Å². The van der Waals surface area contributed by atoms with Crippen molar-refractivity contribution in [2.75, 3.05) is 6.54 Å². The lowest BCUT2D eigenvalue weighted by Gasteiger charge is -2.18. The number of rotatable bonds is 5. The van der Waals surface area contributed by atoms with Crippen molar-refractivity contribution >= 4 is 15.7 Å². The Kier molecular flexibility index (Phi) is 4.82. The first-order valence-corrected chi connectivity index (χ1v) is 7.28. The van der Waals surface area contributed by atoms with E-state index < -0.39 is 31.9 Å². The second kappa shape index (κ2) is 5.84. The number of amides is 1. The van der Waals surface area contributed by atoms with Crippen molar-refractivity contribution in [1.29, 1.82) is 0 Å². The minimum Gasteiger partial charge on any atom is -0.350 e. The van der Waals surface area contributed by atoms with E-state index in [9.17, 15) is 22.0 Å². The summed E-state index contributed by atoms with van der Waals surface area (Å²) in [6.45, 7) is 3.68. The normalized spacial score (nSPS) is 12.5. The van der Waals surface area contributed by atoms with Crippen molar-refractivity contribution in [3.63, 3.8) is 0 Å². The molecule has 0 fully saturated rings. The Labute approximate surface area is 116 Å². The Morgan fingerprint density at radius 3 is 2.20 bits per heavy atom. The fourth-order valence-electron chi connectivity index (χ4n) is 1.31. The van der Waals surface area contributed by atoms with Gasteiger partial charge in [-0.25, -0.2) is 8.42 Å². The summed E-state index contributed by atoms with van der Waals surface area (Å²) in [5, 5.41) is 2.56. The maximum atomic E-state index is 12.3. The highest BCUT2D eigenvalue weighted by atomic mass is 32.2. The van der Waals surface area contributed by atoms with E-state index in [0.29, 0.717) is 0 Å². The van der Waals surface area contributed by atoms with Gasteiger partial charge in [-0.15, -0.1) is 0 Å². The second-order valence-electron chi connectivity index (χ2n) is 5.00. The maximum absolute atomic E-state index is 12.3. The third kappa shape index (κ3) is 4.24. The molecule has 1 amide bonds. The van der Waals surface area contributed by atoms with Crippen LogP contribution in [0.15, 0.2) is 29.2 Å². The van der Waals surface area contributed by atoms with Crippen LogP contribution in [0.5, 0.6) is 0 Å². The number of halogens is 2. The SMILES string of the molecule is CC(C)(N)CNC(=O)c1ccc(S(=O)(=O)C(F)F)cc1. The fourth-order valence-corrected chi connectivity index (χ4v) is 2.03. The van der Waals surface area contributed by atoms with Crippen molar-refractivity contribution in [2.24, 2.45) is 5.73 Å². The van der Waals surface area contributed by atoms with Crippen LogP contribution in [0.25, 0.3) is 0 Å². The van der Waals surface area contributed by atoms with Gasteiger partial charge in [-0.2, -0.15) is 8.78 Å². The molecular weight excluding hydrogens is 290 g/mol. The first-order chi connectivity index (χ1) is 9.04. The molecule has 1 aromatic carbocycles. The molecule has 0 heterocycles. The molecule has 0 bridgehead atoms. The standard InChI is InChI=1S/C12H16F2N2O3S/c1-12(2,15)7-16-10(17)8-3-5-9(6-4-8)20(18,19)11(13)14/h3-6,11H,7,15H2,1-2H3,(H,16,17). The zero-order valence-corrected chi connectivity index (χ0v) is 11.9. The summed E-state index contributed by atoms with van der Waals surface area (Å²) in [4.78, 5) is 11.2. The summed E-state index contributed by atoms with van der Waals surface area (Å²) in [6.07, 6.45) is 0. The molecule has 0 aliphatic carbocycles. The van der Waals surface area contributed by atoms with Crippen molar-refractivity contribution in [1.82, 2.24) is 5.32 Å². The van der Waals surface area contributed by atoms with Gasteiger partial charge in [-0.05, 0) is 38.1 Å². The Balaban J connectivity index is 2.85. The van der Waals surface area contributed by atoms with Gasteiger partial charge in [-0.1, -0.05) is 0 Å². The summed E-state index contributed by atoms with van der Waals surface area (Å²) in [5.41, 5.74) is 5.28. The Hall–Kier alpha value is -1.54. The van der Waals surface area contributed by atoms with E-state index in [1.165, 1.54) is 12.1 Å². The molecule has 0 unspecified atom stereocenters. The van der Waals surface area contributed by atoms with Crippen LogP contribution >= 0.6 is 0 Å². The van der Waals surface area contributed by atoms with Crippen LogP contribution in [0.3, 0.4) is 0 Å². The number of sulfone groups is 1. The quantitative estimate of drug-likeness (QED) is 0.854. The van der Waals surface area contributed by atoms with E-state index in [4.69, 9.17) is 5.73 Å². The number of nitrogens with one attached hydrogen (secondary N) is 1. The van der Waals surface area contributed by atoms with Crippen molar-refractivity contribution in [3.05, 3.63) is 29.8 Å². The topological polar surface area (TPSA) is 89.3 Å². The molecule has 0 saturated heterocycles. The summed E-state index contributed by atoms with van der Waals surface area (Å²) in [6, 6.07) is 4.30. The van der Waals surface area contributed by atoms with Gasteiger partial charge in [0.05, 0.1) is 4.90 Å². The monoisotopic (exact) mass is 306 g/mol. The van der Waals surface area contributed by atoms with Gasteiger partial charge in [0, 0.05) is 17.6 Å². The predicted molar refractivity (Wildman–Crippen MR) is 70.2 cm³/mol. The molecule has 0 saturated carbocycles. The van der Waals surface area contributed by atoms with Crippen LogP contribution in [0.2, 0.25) is 0 Å². The summed E-state index contributed by atoms with van der Waals surface area (Å²) >= 11 is 0. The molecule has 1 rings (SSSR count). The van der Waals surface area contributed by atoms with Crippen molar-refractivity contribution in [2.45, 2.75) is 30.0 Å².